The van der Waals surface area contributed by atoms with E-state index in [1.807, 2.05) is 42.5 Å². The van der Waals surface area contributed by atoms with Crippen molar-refractivity contribution in [2.75, 3.05) is 6.26 Å². The molecule has 156 valence electrons. The highest BCUT2D eigenvalue weighted by Gasteiger charge is 2.18. The van der Waals surface area contributed by atoms with Gasteiger partial charge in [0, 0.05) is 6.26 Å². The van der Waals surface area contributed by atoms with Gasteiger partial charge in [-0.2, -0.15) is 5.26 Å². The van der Waals surface area contributed by atoms with E-state index in [4.69, 9.17) is 9.72 Å². The molecule has 4 rings (SSSR count). The molecular formula is C24H21N3O3S. The lowest BCUT2D eigenvalue weighted by atomic mass is 10.1. The van der Waals surface area contributed by atoms with Crippen LogP contribution in [0.5, 0.6) is 5.75 Å². The van der Waals surface area contributed by atoms with Crippen LogP contribution < -0.4 is 4.74 Å². The van der Waals surface area contributed by atoms with Gasteiger partial charge >= 0.3 is 0 Å². The van der Waals surface area contributed by atoms with Gasteiger partial charge in [-0.15, -0.1) is 0 Å². The summed E-state index contributed by atoms with van der Waals surface area (Å²) >= 11 is 0. The molecular weight excluding hydrogens is 410 g/mol. The highest BCUT2D eigenvalue weighted by Crippen LogP contribution is 2.28. The normalized spacial score (nSPS) is 12.4. The molecule has 0 aliphatic carbocycles. The van der Waals surface area contributed by atoms with Gasteiger partial charge in [0.25, 0.3) is 0 Å². The third-order valence-electron chi connectivity index (χ3n) is 5.16. The maximum Gasteiger partial charge on any atom is 0.175 e. The maximum absolute atomic E-state index is 11.8. The van der Waals surface area contributed by atoms with Crippen molar-refractivity contribution >= 4 is 20.9 Å². The summed E-state index contributed by atoms with van der Waals surface area (Å²) in [6, 6.07) is 24.0. The van der Waals surface area contributed by atoms with Gasteiger partial charge in [-0.3, -0.25) is 0 Å². The fraction of sp³-hybridized carbons (Fsp3) is 0.167. The zero-order valence-corrected chi connectivity index (χ0v) is 18.0. The van der Waals surface area contributed by atoms with E-state index in [0.29, 0.717) is 17.1 Å². The predicted molar refractivity (Wildman–Crippen MR) is 119 cm³/mol. The first-order valence-electron chi connectivity index (χ1n) is 9.75. The van der Waals surface area contributed by atoms with Gasteiger partial charge in [0.1, 0.15) is 18.2 Å². The molecule has 0 saturated heterocycles. The van der Waals surface area contributed by atoms with Gasteiger partial charge < -0.3 is 9.30 Å². The largest absolute Gasteiger partial charge is 0.486 e. The monoisotopic (exact) mass is 431 g/mol. The minimum atomic E-state index is -3.33. The molecule has 0 N–H and O–H groups in total. The molecule has 1 aromatic heterocycles. The van der Waals surface area contributed by atoms with E-state index in [1.54, 1.807) is 24.3 Å². The van der Waals surface area contributed by atoms with Crippen LogP contribution in [0.2, 0.25) is 0 Å². The summed E-state index contributed by atoms with van der Waals surface area (Å²) in [4.78, 5) is 4.93. The fourth-order valence-electron chi connectivity index (χ4n) is 3.57. The maximum atomic E-state index is 11.8. The highest BCUT2D eigenvalue weighted by atomic mass is 32.2. The summed E-state index contributed by atoms with van der Waals surface area (Å²) < 4.78 is 31.7. The quantitative estimate of drug-likeness (QED) is 0.449. The first-order valence-corrected chi connectivity index (χ1v) is 11.6. The van der Waals surface area contributed by atoms with Crippen molar-refractivity contribution in [3.8, 4) is 11.8 Å². The van der Waals surface area contributed by atoms with Crippen LogP contribution in [0, 0.1) is 11.3 Å². The van der Waals surface area contributed by atoms with E-state index in [-0.39, 0.29) is 17.5 Å². The lowest BCUT2D eigenvalue weighted by molar-refractivity contribution is 0.288. The number of aromatic nitrogens is 2. The van der Waals surface area contributed by atoms with Crippen molar-refractivity contribution in [2.24, 2.45) is 0 Å². The number of fused-ring (bicyclic) bond motifs is 1. The number of hydrogen-bond donors (Lipinski definition) is 0. The number of benzene rings is 3. The Morgan fingerprint density at radius 1 is 1.06 bits per heavy atom. The van der Waals surface area contributed by atoms with Crippen molar-refractivity contribution in [3.05, 3.63) is 89.7 Å². The van der Waals surface area contributed by atoms with Crippen LogP contribution in [-0.2, 0) is 16.4 Å². The molecule has 7 heteroatoms. The smallest absolute Gasteiger partial charge is 0.175 e. The van der Waals surface area contributed by atoms with Gasteiger partial charge in [-0.1, -0.05) is 36.4 Å². The second-order valence-corrected chi connectivity index (χ2v) is 9.35. The van der Waals surface area contributed by atoms with Crippen LogP contribution in [0.15, 0.2) is 77.7 Å². The van der Waals surface area contributed by atoms with E-state index in [9.17, 15) is 13.7 Å². The second kappa shape index (κ2) is 8.25. The number of hydrogen-bond acceptors (Lipinski definition) is 5. The van der Waals surface area contributed by atoms with Crippen molar-refractivity contribution in [2.45, 2.75) is 24.5 Å². The predicted octanol–water partition coefficient (Wildman–Crippen LogP) is 4.50. The van der Waals surface area contributed by atoms with Gasteiger partial charge in [-0.25, -0.2) is 13.4 Å². The first kappa shape index (κ1) is 20.6. The average Bonchev–Trinajstić information content (AvgIpc) is 3.14. The Morgan fingerprint density at radius 2 is 1.84 bits per heavy atom. The first-order chi connectivity index (χ1) is 14.9. The van der Waals surface area contributed by atoms with E-state index in [2.05, 4.69) is 17.6 Å². The molecule has 0 amide bonds. The number of rotatable bonds is 6. The minimum Gasteiger partial charge on any atom is -0.486 e. The number of sulfone groups is 1. The van der Waals surface area contributed by atoms with Crippen LogP contribution in [0.4, 0.5) is 0 Å². The molecule has 0 saturated carbocycles. The van der Waals surface area contributed by atoms with Crippen molar-refractivity contribution in [1.29, 1.82) is 5.26 Å². The summed E-state index contributed by atoms with van der Waals surface area (Å²) in [5, 5.41) is 9.34. The number of nitriles is 1. The summed E-state index contributed by atoms with van der Waals surface area (Å²) in [7, 11) is -3.33. The lowest BCUT2D eigenvalue weighted by Gasteiger charge is -2.18. The summed E-state index contributed by atoms with van der Waals surface area (Å²) in [6.07, 6.45) is 1.17. The molecule has 1 atom stereocenters. The molecule has 0 aliphatic rings. The van der Waals surface area contributed by atoms with Crippen molar-refractivity contribution < 1.29 is 13.2 Å². The molecule has 0 spiro atoms. The zero-order valence-electron chi connectivity index (χ0n) is 17.2. The molecule has 0 bridgehead atoms. The molecule has 0 unspecified atom stereocenters. The Balaban J connectivity index is 1.75. The average molecular weight is 432 g/mol. The van der Waals surface area contributed by atoms with Crippen LogP contribution in [0.3, 0.4) is 0 Å². The molecule has 1 heterocycles. The molecule has 31 heavy (non-hydrogen) atoms. The second-order valence-electron chi connectivity index (χ2n) is 7.34. The molecule has 6 nitrogen and oxygen atoms in total. The number of imidazole rings is 1. The Bertz CT molecular complexity index is 1390. The fourth-order valence-corrected chi connectivity index (χ4v) is 4.23. The summed E-state index contributed by atoms with van der Waals surface area (Å²) in [5.74, 6) is 1.14. The highest BCUT2D eigenvalue weighted by molar-refractivity contribution is 7.90. The van der Waals surface area contributed by atoms with Gasteiger partial charge in [0.15, 0.2) is 9.84 Å². The van der Waals surface area contributed by atoms with Gasteiger partial charge in [0.05, 0.1) is 33.6 Å². The van der Waals surface area contributed by atoms with E-state index in [0.717, 1.165) is 16.6 Å². The molecule has 3 aromatic carbocycles. The third-order valence-corrected chi connectivity index (χ3v) is 6.27. The molecule has 0 fully saturated rings. The Hall–Kier alpha value is -3.63. The molecule has 4 aromatic rings. The minimum absolute atomic E-state index is 0.0407. The Morgan fingerprint density at radius 3 is 2.55 bits per heavy atom. The van der Waals surface area contributed by atoms with E-state index in [1.165, 1.54) is 12.3 Å². The van der Waals surface area contributed by atoms with Gasteiger partial charge in [-0.05, 0) is 48.9 Å². The van der Waals surface area contributed by atoms with E-state index < -0.39 is 9.84 Å². The number of nitrogens with zero attached hydrogens (tertiary/aromatic N) is 3. The Labute approximate surface area is 181 Å². The third kappa shape index (κ3) is 4.30. The molecule has 0 aliphatic heterocycles. The van der Waals surface area contributed by atoms with Crippen molar-refractivity contribution in [1.82, 2.24) is 9.55 Å². The van der Waals surface area contributed by atoms with E-state index >= 15 is 0 Å². The summed E-state index contributed by atoms with van der Waals surface area (Å²) in [5.41, 5.74) is 3.27. The summed E-state index contributed by atoms with van der Waals surface area (Å²) in [6.45, 7) is 2.23. The number of ether oxygens (including phenoxy) is 1. The van der Waals surface area contributed by atoms with Gasteiger partial charge in [0.2, 0.25) is 0 Å². The van der Waals surface area contributed by atoms with Crippen molar-refractivity contribution in [3.63, 3.8) is 0 Å². The van der Waals surface area contributed by atoms with Crippen LogP contribution in [-0.4, -0.2) is 24.2 Å². The zero-order chi connectivity index (χ0) is 22.0. The van der Waals surface area contributed by atoms with Crippen LogP contribution in [0.25, 0.3) is 11.0 Å². The van der Waals surface area contributed by atoms with Crippen LogP contribution in [0.1, 0.15) is 29.9 Å². The topological polar surface area (TPSA) is 85.0 Å². The lowest BCUT2D eigenvalue weighted by Crippen LogP contribution is -2.13. The SMILES string of the molecule is C[C@@H](c1ccccc1)n1c(COc2cccc(S(C)(=O)=O)c2)nc2ccc(C#N)cc21. The van der Waals surface area contributed by atoms with Crippen LogP contribution >= 0.6 is 0 Å². The molecule has 0 radical (unpaired) electrons. The Kier molecular flexibility index (Phi) is 5.49. The standard InChI is InChI=1S/C24H21N3O3S/c1-17(19-7-4-3-5-8-19)27-23-13-18(15-25)11-12-22(23)26-24(27)16-30-20-9-6-10-21(14-20)31(2,28)29/h3-14,17H,16H2,1-2H3/t17-/m0/s1.